The largest absolute Gasteiger partial charge is 0.481 e. The highest BCUT2D eigenvalue weighted by Crippen LogP contribution is 2.23. The number of rotatable bonds is 5. The van der Waals surface area contributed by atoms with E-state index in [-0.39, 0.29) is 0 Å². The van der Waals surface area contributed by atoms with Crippen LogP contribution >= 0.6 is 0 Å². The van der Waals surface area contributed by atoms with Gasteiger partial charge in [0.15, 0.2) is 0 Å². The number of hydrogen-bond donors (Lipinski definition) is 2. The van der Waals surface area contributed by atoms with Gasteiger partial charge in [0.25, 0.3) is 0 Å². The molecule has 0 spiro atoms. The Morgan fingerprint density at radius 3 is 1.83 bits per heavy atom. The normalized spacial score (nSPS) is 14.2. The van der Waals surface area contributed by atoms with Crippen molar-refractivity contribution in [3.63, 3.8) is 0 Å². The predicted molar refractivity (Wildman–Crippen MR) is 96.3 cm³/mol. The second-order valence-electron chi connectivity index (χ2n) is 6.17. The molecule has 4 heteroatoms. The summed E-state index contributed by atoms with van der Waals surface area (Å²) in [6.45, 7) is 7.27. The predicted octanol–water partition coefficient (Wildman–Crippen LogP) is 4.78. The van der Waals surface area contributed by atoms with Crippen LogP contribution in [0.1, 0.15) is 45.6 Å². The molecule has 3 unspecified atom stereocenters. The zero-order valence-electron chi connectivity index (χ0n) is 14.7. The third kappa shape index (κ3) is 5.37. The SMILES string of the molecule is CC(C(=O)O)C(C)C(=O)O.CCC(C)c1ccc2ccccc2c1. The van der Waals surface area contributed by atoms with E-state index in [1.165, 1.54) is 36.6 Å². The minimum Gasteiger partial charge on any atom is -0.481 e. The topological polar surface area (TPSA) is 74.6 Å². The minimum atomic E-state index is -1.07. The highest BCUT2D eigenvalue weighted by atomic mass is 16.4. The van der Waals surface area contributed by atoms with Gasteiger partial charge in [-0.05, 0) is 28.7 Å². The number of carbonyl (C=O) groups is 2. The van der Waals surface area contributed by atoms with Crippen molar-refractivity contribution >= 4 is 22.7 Å². The molecule has 0 saturated heterocycles. The van der Waals surface area contributed by atoms with Gasteiger partial charge in [-0.25, -0.2) is 0 Å². The van der Waals surface area contributed by atoms with Gasteiger partial charge in [0.1, 0.15) is 0 Å². The molecule has 0 bridgehead atoms. The van der Waals surface area contributed by atoms with Crippen molar-refractivity contribution in [2.75, 3.05) is 0 Å². The number of benzene rings is 2. The van der Waals surface area contributed by atoms with Crippen LogP contribution < -0.4 is 0 Å². The molecule has 0 aliphatic rings. The number of carboxylic acids is 2. The minimum absolute atomic E-state index is 0.666. The van der Waals surface area contributed by atoms with Crippen molar-refractivity contribution in [3.05, 3.63) is 48.0 Å². The molecular weight excluding hydrogens is 304 g/mol. The highest BCUT2D eigenvalue weighted by molar-refractivity contribution is 5.83. The Hall–Kier alpha value is -2.36. The molecule has 2 rings (SSSR count). The van der Waals surface area contributed by atoms with E-state index in [4.69, 9.17) is 10.2 Å². The average molecular weight is 330 g/mol. The van der Waals surface area contributed by atoms with E-state index in [9.17, 15) is 9.59 Å². The first-order valence-corrected chi connectivity index (χ1v) is 8.22. The van der Waals surface area contributed by atoms with Crippen LogP contribution in [0.2, 0.25) is 0 Å². The van der Waals surface area contributed by atoms with Gasteiger partial charge in [0.05, 0.1) is 11.8 Å². The summed E-state index contributed by atoms with van der Waals surface area (Å²) in [6, 6.07) is 15.3. The van der Waals surface area contributed by atoms with Gasteiger partial charge in [0, 0.05) is 0 Å². The smallest absolute Gasteiger partial charge is 0.307 e. The van der Waals surface area contributed by atoms with Crippen LogP contribution in [0.4, 0.5) is 0 Å². The standard InChI is InChI=1S/C14H16.C6H10O4/c1-3-11(2)13-9-8-12-6-4-5-7-14(12)10-13;1-3(5(7)8)4(2)6(9)10/h4-11H,3H2,1-2H3;3-4H,1-2H3,(H,7,8)(H,9,10). The lowest BCUT2D eigenvalue weighted by atomic mass is 9.96. The quantitative estimate of drug-likeness (QED) is 0.827. The van der Waals surface area contributed by atoms with Gasteiger partial charge < -0.3 is 10.2 Å². The summed E-state index contributed by atoms with van der Waals surface area (Å²) in [5.41, 5.74) is 1.45. The number of carboxylic acid groups (broad SMARTS) is 2. The summed E-state index contributed by atoms with van der Waals surface area (Å²) >= 11 is 0. The summed E-state index contributed by atoms with van der Waals surface area (Å²) in [5.74, 6) is -3.13. The van der Waals surface area contributed by atoms with Gasteiger partial charge in [-0.1, -0.05) is 70.2 Å². The van der Waals surface area contributed by atoms with E-state index in [0.717, 1.165) is 0 Å². The Balaban J connectivity index is 0.000000257. The molecule has 2 aromatic rings. The molecule has 130 valence electrons. The molecule has 2 N–H and O–H groups in total. The maximum atomic E-state index is 10.2. The lowest BCUT2D eigenvalue weighted by molar-refractivity contribution is -0.152. The molecule has 4 nitrogen and oxygen atoms in total. The van der Waals surface area contributed by atoms with Crippen LogP contribution in [-0.4, -0.2) is 22.2 Å². The molecule has 3 atom stereocenters. The maximum absolute atomic E-state index is 10.2. The molecule has 0 saturated carbocycles. The first-order chi connectivity index (χ1) is 11.3. The van der Waals surface area contributed by atoms with Gasteiger partial charge in [-0.3, -0.25) is 9.59 Å². The summed E-state index contributed by atoms with van der Waals surface area (Å²) in [6.07, 6.45) is 1.21. The van der Waals surface area contributed by atoms with Gasteiger partial charge in [-0.2, -0.15) is 0 Å². The molecule has 0 heterocycles. The van der Waals surface area contributed by atoms with E-state index in [1.807, 2.05) is 0 Å². The summed E-state index contributed by atoms with van der Waals surface area (Å²) in [7, 11) is 0. The fourth-order valence-corrected chi connectivity index (χ4v) is 2.18. The first kappa shape index (κ1) is 19.7. The first-order valence-electron chi connectivity index (χ1n) is 8.22. The Morgan fingerprint density at radius 2 is 1.38 bits per heavy atom. The van der Waals surface area contributed by atoms with Crippen LogP contribution in [0.15, 0.2) is 42.5 Å². The lowest BCUT2D eigenvalue weighted by Gasteiger charge is -2.09. The Labute approximate surface area is 143 Å². The van der Waals surface area contributed by atoms with E-state index >= 15 is 0 Å². The highest BCUT2D eigenvalue weighted by Gasteiger charge is 2.24. The Morgan fingerprint density at radius 1 is 0.875 bits per heavy atom. The fraction of sp³-hybridized carbons (Fsp3) is 0.400. The molecule has 0 fully saturated rings. The van der Waals surface area contributed by atoms with Crippen molar-refractivity contribution in [1.82, 2.24) is 0 Å². The van der Waals surface area contributed by atoms with Gasteiger partial charge >= 0.3 is 11.9 Å². The maximum Gasteiger partial charge on any atom is 0.307 e. The van der Waals surface area contributed by atoms with E-state index < -0.39 is 23.8 Å². The van der Waals surface area contributed by atoms with Crippen LogP contribution in [0.3, 0.4) is 0 Å². The molecule has 0 radical (unpaired) electrons. The average Bonchev–Trinajstić information content (AvgIpc) is 2.59. The third-order valence-corrected chi connectivity index (χ3v) is 4.48. The molecule has 0 aromatic heterocycles. The molecule has 0 aliphatic carbocycles. The second-order valence-corrected chi connectivity index (χ2v) is 6.17. The van der Waals surface area contributed by atoms with Crippen molar-refractivity contribution in [3.8, 4) is 0 Å². The third-order valence-electron chi connectivity index (χ3n) is 4.48. The van der Waals surface area contributed by atoms with Crippen molar-refractivity contribution in [1.29, 1.82) is 0 Å². The molecule has 0 amide bonds. The number of hydrogen-bond acceptors (Lipinski definition) is 2. The van der Waals surface area contributed by atoms with Crippen LogP contribution in [-0.2, 0) is 9.59 Å². The molecule has 0 aliphatic heterocycles. The lowest BCUT2D eigenvalue weighted by Crippen LogP contribution is -2.24. The summed E-state index contributed by atoms with van der Waals surface area (Å²) < 4.78 is 0. The van der Waals surface area contributed by atoms with E-state index in [1.54, 1.807) is 0 Å². The van der Waals surface area contributed by atoms with Crippen molar-refractivity contribution in [2.45, 2.75) is 40.0 Å². The monoisotopic (exact) mass is 330 g/mol. The summed E-state index contributed by atoms with van der Waals surface area (Å²) in [5, 5.41) is 19.4. The Bertz CT molecular complexity index is 675. The molecule has 24 heavy (non-hydrogen) atoms. The Kier molecular flexibility index (Phi) is 7.43. The van der Waals surface area contributed by atoms with Crippen LogP contribution in [0.5, 0.6) is 0 Å². The van der Waals surface area contributed by atoms with Crippen molar-refractivity contribution < 1.29 is 19.8 Å². The van der Waals surface area contributed by atoms with Crippen LogP contribution in [0.25, 0.3) is 10.8 Å². The fourth-order valence-electron chi connectivity index (χ4n) is 2.18. The van der Waals surface area contributed by atoms with E-state index in [2.05, 4.69) is 56.3 Å². The van der Waals surface area contributed by atoms with Crippen molar-refractivity contribution in [2.24, 2.45) is 11.8 Å². The molecular formula is C20H26O4. The second kappa shape index (κ2) is 9.06. The zero-order valence-corrected chi connectivity index (χ0v) is 14.7. The molecule has 2 aromatic carbocycles. The van der Waals surface area contributed by atoms with Gasteiger partial charge in [-0.15, -0.1) is 0 Å². The number of fused-ring (bicyclic) bond motifs is 1. The number of aliphatic carboxylic acids is 2. The van der Waals surface area contributed by atoms with Gasteiger partial charge in [0.2, 0.25) is 0 Å². The van der Waals surface area contributed by atoms with Crippen LogP contribution in [0, 0.1) is 11.8 Å². The summed E-state index contributed by atoms with van der Waals surface area (Å²) in [4.78, 5) is 20.4. The van der Waals surface area contributed by atoms with E-state index in [0.29, 0.717) is 5.92 Å². The zero-order chi connectivity index (χ0) is 18.3.